The molecule has 4 rings (SSSR count). The second-order valence-corrected chi connectivity index (χ2v) is 8.85. The zero-order valence-corrected chi connectivity index (χ0v) is 20.8. The third-order valence-electron chi connectivity index (χ3n) is 5.91. The Labute approximate surface area is 213 Å². The third kappa shape index (κ3) is 5.16. The highest BCUT2D eigenvalue weighted by atomic mass is 35.5. The minimum Gasteiger partial charge on any atom is -0.494 e. The van der Waals surface area contributed by atoms with Crippen molar-refractivity contribution in [2.45, 2.75) is 27.2 Å². The van der Waals surface area contributed by atoms with Crippen LogP contribution in [0, 0.1) is 19.7 Å². The summed E-state index contributed by atoms with van der Waals surface area (Å²) in [5.41, 5.74) is 3.86. The first-order valence-corrected chi connectivity index (χ1v) is 11.7. The smallest absolute Gasteiger partial charge is 0.335 e. The fraction of sp³-hybridized carbons (Fsp3) is 0.179. The molecule has 8 heteroatoms. The molecule has 1 aliphatic heterocycles. The van der Waals surface area contributed by atoms with Crippen LogP contribution in [0.15, 0.2) is 60.2 Å². The maximum atomic E-state index is 13.7. The Kier molecular flexibility index (Phi) is 7.22. The van der Waals surface area contributed by atoms with Crippen molar-refractivity contribution < 1.29 is 23.5 Å². The van der Waals surface area contributed by atoms with Crippen molar-refractivity contribution in [3.8, 4) is 5.75 Å². The van der Waals surface area contributed by atoms with Crippen molar-refractivity contribution in [1.82, 2.24) is 5.32 Å². The van der Waals surface area contributed by atoms with Crippen LogP contribution in [0.4, 0.5) is 14.9 Å². The molecule has 1 aliphatic rings. The summed E-state index contributed by atoms with van der Waals surface area (Å²) < 4.78 is 19.4. The first-order chi connectivity index (χ1) is 17.2. The van der Waals surface area contributed by atoms with E-state index in [4.69, 9.17) is 16.3 Å². The lowest BCUT2D eigenvalue weighted by Gasteiger charge is -2.27. The van der Waals surface area contributed by atoms with E-state index in [2.05, 4.69) is 5.32 Å². The summed E-state index contributed by atoms with van der Waals surface area (Å²) in [7, 11) is 0. The molecule has 0 aliphatic carbocycles. The van der Waals surface area contributed by atoms with Crippen LogP contribution in [-0.4, -0.2) is 24.5 Å². The van der Waals surface area contributed by atoms with Gasteiger partial charge in [-0.2, -0.15) is 0 Å². The summed E-state index contributed by atoms with van der Waals surface area (Å²) in [4.78, 5) is 39.3. The van der Waals surface area contributed by atoms with Gasteiger partial charge in [-0.3, -0.25) is 14.9 Å². The maximum Gasteiger partial charge on any atom is 0.335 e. The fourth-order valence-corrected chi connectivity index (χ4v) is 4.23. The summed E-state index contributed by atoms with van der Waals surface area (Å²) in [5.74, 6) is -1.45. The monoisotopic (exact) mass is 506 g/mol. The van der Waals surface area contributed by atoms with Crippen LogP contribution in [0.25, 0.3) is 6.08 Å². The van der Waals surface area contributed by atoms with Crippen molar-refractivity contribution in [1.29, 1.82) is 0 Å². The van der Waals surface area contributed by atoms with Gasteiger partial charge in [-0.05, 0) is 85.5 Å². The fourth-order valence-electron chi connectivity index (χ4n) is 3.94. The van der Waals surface area contributed by atoms with E-state index in [1.54, 1.807) is 42.5 Å². The molecule has 0 atom stereocenters. The van der Waals surface area contributed by atoms with Crippen LogP contribution < -0.4 is 15.0 Å². The number of ether oxygens (including phenoxy) is 1. The van der Waals surface area contributed by atoms with Gasteiger partial charge in [0.05, 0.1) is 12.3 Å². The van der Waals surface area contributed by atoms with E-state index in [1.807, 2.05) is 20.8 Å². The number of nitrogens with one attached hydrogen (secondary N) is 1. The maximum absolute atomic E-state index is 13.7. The number of imide groups is 2. The normalized spacial score (nSPS) is 14.9. The highest BCUT2D eigenvalue weighted by Crippen LogP contribution is 2.33. The lowest BCUT2D eigenvalue weighted by molar-refractivity contribution is -0.122. The summed E-state index contributed by atoms with van der Waals surface area (Å²) >= 11 is 6.58. The Morgan fingerprint density at radius 2 is 1.81 bits per heavy atom. The first kappa shape index (κ1) is 25.1. The number of anilines is 1. The average Bonchev–Trinajstić information content (AvgIpc) is 2.81. The van der Waals surface area contributed by atoms with Crippen LogP contribution in [-0.2, 0) is 16.0 Å². The van der Waals surface area contributed by atoms with E-state index >= 15 is 0 Å². The summed E-state index contributed by atoms with van der Waals surface area (Å²) in [6.07, 6.45) is 1.70. The van der Waals surface area contributed by atoms with Crippen LogP contribution in [0.1, 0.15) is 34.7 Å². The molecule has 6 nitrogen and oxygen atoms in total. The molecule has 0 bridgehead atoms. The Balaban J connectivity index is 1.72. The topological polar surface area (TPSA) is 75.7 Å². The van der Waals surface area contributed by atoms with Crippen molar-refractivity contribution in [3.63, 3.8) is 0 Å². The van der Waals surface area contributed by atoms with Crippen molar-refractivity contribution in [2.75, 3.05) is 11.5 Å². The predicted molar refractivity (Wildman–Crippen MR) is 137 cm³/mol. The number of aryl methyl sites for hydroxylation is 2. The van der Waals surface area contributed by atoms with Gasteiger partial charge >= 0.3 is 6.03 Å². The van der Waals surface area contributed by atoms with E-state index in [0.717, 1.165) is 16.0 Å². The number of barbiturate groups is 1. The SMILES string of the molecule is CCOc1cc(/C=C2\C(=O)NC(=O)N(c3ccc(C)c(C)c3)C2=O)cc(Cl)c1Cc1cccc(F)c1. The number of benzene rings is 3. The van der Waals surface area contributed by atoms with E-state index in [1.165, 1.54) is 18.2 Å². The molecule has 0 spiro atoms. The molecular weight excluding hydrogens is 483 g/mol. The lowest BCUT2D eigenvalue weighted by Crippen LogP contribution is -2.54. The molecule has 0 saturated carbocycles. The van der Waals surface area contributed by atoms with Crippen molar-refractivity contribution in [2.24, 2.45) is 0 Å². The van der Waals surface area contributed by atoms with Gasteiger partial charge in [-0.15, -0.1) is 0 Å². The molecule has 1 N–H and O–H groups in total. The standard InChI is InChI=1S/C28H24ClFN2O4/c1-4-36-25-15-19(14-24(29)22(25)12-18-6-5-7-20(30)11-18)13-23-26(33)31-28(35)32(27(23)34)21-9-8-16(2)17(3)10-21/h5-11,13-15H,4,12H2,1-3H3,(H,31,33,35)/b23-13+. The van der Waals surface area contributed by atoms with Gasteiger partial charge in [0.15, 0.2) is 0 Å². The number of rotatable bonds is 6. The number of carbonyl (C=O) groups is 3. The van der Waals surface area contributed by atoms with Crippen molar-refractivity contribution >= 4 is 41.2 Å². The number of halogens is 2. The number of nitrogens with zero attached hydrogens (tertiary/aromatic N) is 1. The number of hydrogen-bond donors (Lipinski definition) is 1. The Morgan fingerprint density at radius 3 is 2.50 bits per heavy atom. The minimum absolute atomic E-state index is 0.218. The van der Waals surface area contributed by atoms with E-state index in [0.29, 0.717) is 46.2 Å². The Bertz CT molecular complexity index is 1420. The number of urea groups is 1. The molecule has 1 saturated heterocycles. The van der Waals surface area contributed by atoms with Gasteiger partial charge in [0.2, 0.25) is 0 Å². The molecule has 184 valence electrons. The molecule has 3 aromatic carbocycles. The lowest BCUT2D eigenvalue weighted by atomic mass is 10.00. The molecule has 3 aromatic rings. The zero-order chi connectivity index (χ0) is 26.0. The molecule has 0 aromatic heterocycles. The zero-order valence-electron chi connectivity index (χ0n) is 20.0. The van der Waals surface area contributed by atoms with Gasteiger partial charge in [0.1, 0.15) is 17.1 Å². The summed E-state index contributed by atoms with van der Waals surface area (Å²) in [6, 6.07) is 13.8. The Morgan fingerprint density at radius 1 is 1.03 bits per heavy atom. The van der Waals surface area contributed by atoms with Crippen LogP contribution in [0.5, 0.6) is 5.75 Å². The van der Waals surface area contributed by atoms with Gasteiger partial charge in [-0.1, -0.05) is 29.8 Å². The molecule has 1 fully saturated rings. The second-order valence-electron chi connectivity index (χ2n) is 8.45. The van der Waals surface area contributed by atoms with Crippen LogP contribution >= 0.6 is 11.6 Å². The highest BCUT2D eigenvalue weighted by molar-refractivity contribution is 6.39. The first-order valence-electron chi connectivity index (χ1n) is 11.4. The predicted octanol–water partition coefficient (Wildman–Crippen LogP) is 5.75. The quantitative estimate of drug-likeness (QED) is 0.341. The highest BCUT2D eigenvalue weighted by Gasteiger charge is 2.37. The van der Waals surface area contributed by atoms with Gasteiger partial charge in [0, 0.05) is 17.0 Å². The van der Waals surface area contributed by atoms with Gasteiger partial charge in [0.25, 0.3) is 11.8 Å². The third-order valence-corrected chi connectivity index (χ3v) is 6.25. The number of amides is 4. The molecule has 0 radical (unpaired) electrons. The Hall–Kier alpha value is -3.97. The summed E-state index contributed by atoms with van der Waals surface area (Å²) in [5, 5.41) is 2.56. The minimum atomic E-state index is -0.816. The number of hydrogen-bond acceptors (Lipinski definition) is 4. The van der Waals surface area contributed by atoms with Gasteiger partial charge < -0.3 is 4.74 Å². The molecule has 36 heavy (non-hydrogen) atoms. The van der Waals surface area contributed by atoms with Gasteiger partial charge in [-0.25, -0.2) is 14.1 Å². The van der Waals surface area contributed by atoms with Crippen molar-refractivity contribution in [3.05, 3.63) is 98.8 Å². The number of carbonyl (C=O) groups excluding carboxylic acids is 3. The molecule has 1 heterocycles. The molecule has 0 unspecified atom stereocenters. The van der Waals surface area contributed by atoms with Crippen LogP contribution in [0.2, 0.25) is 5.02 Å². The van der Waals surface area contributed by atoms with E-state index < -0.39 is 17.8 Å². The largest absolute Gasteiger partial charge is 0.494 e. The van der Waals surface area contributed by atoms with E-state index in [9.17, 15) is 18.8 Å². The van der Waals surface area contributed by atoms with E-state index in [-0.39, 0.29) is 11.4 Å². The second kappa shape index (κ2) is 10.3. The average molecular weight is 507 g/mol. The van der Waals surface area contributed by atoms with Crippen LogP contribution in [0.3, 0.4) is 0 Å². The molecular formula is C28H24ClFN2O4. The molecule has 4 amide bonds. The summed E-state index contributed by atoms with van der Waals surface area (Å²) in [6.45, 7) is 5.95.